The topological polar surface area (TPSA) is 55.4 Å². The van der Waals surface area contributed by atoms with Gasteiger partial charge in [-0.3, -0.25) is 4.79 Å². The highest BCUT2D eigenvalue weighted by atomic mass is 32.1. The second-order valence-corrected chi connectivity index (χ2v) is 6.76. The molecule has 24 heavy (non-hydrogen) atoms. The minimum absolute atomic E-state index is 0.0109. The highest BCUT2D eigenvalue weighted by molar-refractivity contribution is 7.16. The van der Waals surface area contributed by atoms with Crippen molar-refractivity contribution in [3.8, 4) is 10.4 Å². The van der Waals surface area contributed by atoms with Gasteiger partial charge in [0.2, 0.25) is 0 Å². The van der Waals surface area contributed by atoms with Gasteiger partial charge in [-0.2, -0.15) is 0 Å². The minimum Gasteiger partial charge on any atom is -0.449 e. The molecule has 5 heteroatoms. The van der Waals surface area contributed by atoms with Crippen LogP contribution >= 0.6 is 11.3 Å². The van der Waals surface area contributed by atoms with E-state index in [4.69, 9.17) is 4.74 Å². The summed E-state index contributed by atoms with van der Waals surface area (Å²) >= 11 is 1.59. The Hall–Kier alpha value is -2.40. The molecule has 0 saturated heterocycles. The zero-order valence-electron chi connectivity index (χ0n) is 14.0. The molecular formula is C19H21NO3S. The third kappa shape index (κ3) is 5.35. The number of carbonyl (C=O) groups excluding carboxylic acids is 2. The quantitative estimate of drug-likeness (QED) is 0.639. The number of hydrogen-bond acceptors (Lipinski definition) is 4. The van der Waals surface area contributed by atoms with Gasteiger partial charge in [0.05, 0.1) is 0 Å². The van der Waals surface area contributed by atoms with Crippen molar-refractivity contribution < 1.29 is 14.3 Å². The molecule has 1 N–H and O–H groups in total. The molecule has 0 aliphatic heterocycles. The summed E-state index contributed by atoms with van der Waals surface area (Å²) in [6.45, 7) is 5.27. The van der Waals surface area contributed by atoms with E-state index in [1.165, 1.54) is 6.08 Å². The number of hydrogen-bond donors (Lipinski definition) is 1. The van der Waals surface area contributed by atoms with Gasteiger partial charge in [0.15, 0.2) is 6.10 Å². The maximum Gasteiger partial charge on any atom is 0.331 e. The number of esters is 1. The van der Waals surface area contributed by atoms with E-state index in [-0.39, 0.29) is 11.9 Å². The molecule has 4 nitrogen and oxygen atoms in total. The third-order valence-corrected chi connectivity index (χ3v) is 4.26. The number of benzene rings is 1. The molecule has 0 fully saturated rings. The van der Waals surface area contributed by atoms with Crippen LogP contribution in [0.25, 0.3) is 16.5 Å². The van der Waals surface area contributed by atoms with E-state index in [2.05, 4.69) is 5.32 Å². The molecule has 1 heterocycles. The van der Waals surface area contributed by atoms with Crippen LogP contribution < -0.4 is 5.32 Å². The van der Waals surface area contributed by atoms with Gasteiger partial charge in [-0.15, -0.1) is 11.3 Å². The highest BCUT2D eigenvalue weighted by Crippen LogP contribution is 2.28. The lowest BCUT2D eigenvalue weighted by Gasteiger charge is -2.14. The fourth-order valence-corrected chi connectivity index (χ4v) is 2.94. The number of ether oxygens (including phenoxy) is 1. The van der Waals surface area contributed by atoms with Gasteiger partial charge < -0.3 is 10.1 Å². The van der Waals surface area contributed by atoms with Crippen molar-refractivity contribution in [2.75, 3.05) is 0 Å². The van der Waals surface area contributed by atoms with Crippen molar-refractivity contribution in [1.82, 2.24) is 5.32 Å². The molecule has 1 aromatic heterocycles. The summed E-state index contributed by atoms with van der Waals surface area (Å²) in [5.41, 5.74) is 1.14. The van der Waals surface area contributed by atoms with Gasteiger partial charge in [-0.05, 0) is 44.5 Å². The van der Waals surface area contributed by atoms with Crippen LogP contribution in [-0.4, -0.2) is 24.0 Å². The molecule has 2 rings (SSSR count). The monoisotopic (exact) mass is 343 g/mol. The smallest absolute Gasteiger partial charge is 0.331 e. The molecule has 0 saturated carbocycles. The molecular weight excluding hydrogens is 322 g/mol. The van der Waals surface area contributed by atoms with Gasteiger partial charge in [0.25, 0.3) is 5.91 Å². The maximum absolute atomic E-state index is 11.8. The SMILES string of the molecule is CC(C)NC(=O)[C@H](C)OC(=O)/C=C/c1ccc(-c2ccccc2)s1. The van der Waals surface area contributed by atoms with Crippen LogP contribution in [0.2, 0.25) is 0 Å². The molecule has 2 aromatic rings. The average Bonchev–Trinajstić information content (AvgIpc) is 3.02. The normalized spacial score (nSPS) is 12.3. The average molecular weight is 343 g/mol. The van der Waals surface area contributed by atoms with Crippen LogP contribution in [0.15, 0.2) is 48.5 Å². The first-order valence-electron chi connectivity index (χ1n) is 7.80. The van der Waals surface area contributed by atoms with Crippen LogP contribution in [0.5, 0.6) is 0 Å². The summed E-state index contributed by atoms with van der Waals surface area (Å²) in [4.78, 5) is 25.6. The summed E-state index contributed by atoms with van der Waals surface area (Å²) in [7, 11) is 0. The predicted octanol–water partition coefficient (Wildman–Crippen LogP) is 3.88. The molecule has 1 aromatic carbocycles. The second kappa shape index (κ2) is 8.45. The number of carbonyl (C=O) groups is 2. The fourth-order valence-electron chi connectivity index (χ4n) is 2.02. The zero-order chi connectivity index (χ0) is 17.5. The van der Waals surface area contributed by atoms with E-state index >= 15 is 0 Å². The zero-order valence-corrected chi connectivity index (χ0v) is 14.8. The maximum atomic E-state index is 11.8. The van der Waals surface area contributed by atoms with Crippen molar-refractivity contribution in [1.29, 1.82) is 0 Å². The standard InChI is InChI=1S/C19H21NO3S/c1-13(2)20-19(22)14(3)23-18(21)12-10-16-9-11-17(24-16)15-7-5-4-6-8-15/h4-14H,1-3H3,(H,20,22)/b12-10+/t14-/m0/s1. The summed E-state index contributed by atoms with van der Waals surface area (Å²) in [5.74, 6) is -0.828. The van der Waals surface area contributed by atoms with Crippen molar-refractivity contribution in [2.24, 2.45) is 0 Å². The van der Waals surface area contributed by atoms with Crippen LogP contribution in [0.1, 0.15) is 25.6 Å². The van der Waals surface area contributed by atoms with E-state index < -0.39 is 12.1 Å². The van der Waals surface area contributed by atoms with Crippen molar-refractivity contribution >= 4 is 29.3 Å². The highest BCUT2D eigenvalue weighted by Gasteiger charge is 2.16. The largest absolute Gasteiger partial charge is 0.449 e. The van der Waals surface area contributed by atoms with Crippen LogP contribution in [0.4, 0.5) is 0 Å². The Balaban J connectivity index is 1.92. The molecule has 0 bridgehead atoms. The number of amides is 1. The van der Waals surface area contributed by atoms with Gasteiger partial charge in [-0.25, -0.2) is 4.79 Å². The molecule has 0 aliphatic rings. The van der Waals surface area contributed by atoms with E-state index in [9.17, 15) is 9.59 Å². The van der Waals surface area contributed by atoms with Crippen molar-refractivity contribution in [3.05, 3.63) is 53.4 Å². The number of thiophene rings is 1. The fraction of sp³-hybridized carbons (Fsp3) is 0.263. The van der Waals surface area contributed by atoms with Crippen molar-refractivity contribution in [3.63, 3.8) is 0 Å². The molecule has 1 amide bonds. The summed E-state index contributed by atoms with van der Waals surface area (Å²) < 4.78 is 5.09. The van der Waals surface area contributed by atoms with Gasteiger partial charge >= 0.3 is 5.97 Å². The lowest BCUT2D eigenvalue weighted by Crippen LogP contribution is -2.39. The molecule has 0 unspecified atom stereocenters. The summed E-state index contributed by atoms with van der Waals surface area (Å²) in [6.07, 6.45) is 2.24. The van der Waals surface area contributed by atoms with Crippen molar-refractivity contribution in [2.45, 2.75) is 32.9 Å². The van der Waals surface area contributed by atoms with Crippen LogP contribution in [0, 0.1) is 0 Å². The van der Waals surface area contributed by atoms with Crippen LogP contribution in [0.3, 0.4) is 0 Å². The van der Waals surface area contributed by atoms with E-state index in [0.29, 0.717) is 0 Å². The Labute approximate surface area is 146 Å². The molecule has 0 radical (unpaired) electrons. The molecule has 126 valence electrons. The Morgan fingerprint density at radius 3 is 2.46 bits per heavy atom. The lowest BCUT2D eigenvalue weighted by atomic mass is 10.2. The predicted molar refractivity (Wildman–Crippen MR) is 97.6 cm³/mol. The van der Waals surface area contributed by atoms with Crippen LogP contribution in [-0.2, 0) is 14.3 Å². The minimum atomic E-state index is -0.812. The van der Waals surface area contributed by atoms with E-state index in [0.717, 1.165) is 15.3 Å². The lowest BCUT2D eigenvalue weighted by molar-refractivity contribution is -0.150. The van der Waals surface area contributed by atoms with Gasteiger partial charge in [0.1, 0.15) is 0 Å². The third-order valence-electron chi connectivity index (χ3n) is 3.16. The van der Waals surface area contributed by atoms with E-state index in [1.54, 1.807) is 24.3 Å². The summed E-state index contributed by atoms with van der Waals surface area (Å²) in [6, 6.07) is 14.0. The Morgan fingerprint density at radius 2 is 1.79 bits per heavy atom. The first-order chi connectivity index (χ1) is 11.5. The first-order valence-corrected chi connectivity index (χ1v) is 8.61. The molecule has 1 atom stereocenters. The number of nitrogens with one attached hydrogen (secondary N) is 1. The molecule has 0 aliphatic carbocycles. The Kier molecular flexibility index (Phi) is 6.32. The number of rotatable bonds is 6. The van der Waals surface area contributed by atoms with Gasteiger partial charge in [0, 0.05) is 21.9 Å². The molecule has 0 spiro atoms. The first kappa shape index (κ1) is 17.9. The van der Waals surface area contributed by atoms with E-state index in [1.807, 2.05) is 56.3 Å². The summed E-state index contributed by atoms with van der Waals surface area (Å²) in [5, 5.41) is 2.70. The Bertz CT molecular complexity index is 719. The second-order valence-electron chi connectivity index (χ2n) is 5.64. The van der Waals surface area contributed by atoms with Gasteiger partial charge in [-0.1, -0.05) is 30.3 Å². The Morgan fingerprint density at radius 1 is 1.08 bits per heavy atom.